The number of fused-ring (bicyclic) bond motifs is 8. The van der Waals surface area contributed by atoms with Crippen LogP contribution < -0.4 is 25.5 Å². The molecule has 0 N–H and O–H groups in total. The summed E-state index contributed by atoms with van der Waals surface area (Å²) in [4.78, 5) is 7.45. The van der Waals surface area contributed by atoms with Crippen molar-refractivity contribution in [2.45, 2.75) is 0 Å². The second-order valence-corrected chi connectivity index (χ2v) is 18.4. The third kappa shape index (κ3) is 6.77. The third-order valence-corrected chi connectivity index (χ3v) is 14.4. The van der Waals surface area contributed by atoms with Crippen LogP contribution in [0.5, 0.6) is 0 Å². The lowest BCUT2D eigenvalue weighted by molar-refractivity contribution is 0.669. The minimum atomic E-state index is -0.225. The monoisotopic (exact) mass is 905 g/mol. The van der Waals surface area contributed by atoms with Crippen molar-refractivity contribution in [3.63, 3.8) is 0 Å². The fraction of sp³-hybridized carbons (Fsp3) is 0. The SMILES string of the molecule is c1ccc(-c2ccc(N3B4c5cc(-c6ccccc6)ccc5N(c5ccc(-c6ccccc6)cc5)c5cc6oc7ccccc7c6c(c54)-c4cc(N(c5ccccc5)c5ccccc5)ccc43)cc2)cc1. The molecule has 5 heteroatoms. The smallest absolute Gasteiger partial charge is 0.333 e. The summed E-state index contributed by atoms with van der Waals surface area (Å²) in [6.45, 7) is -0.225. The number of benzene rings is 11. The van der Waals surface area contributed by atoms with E-state index in [-0.39, 0.29) is 6.85 Å². The van der Waals surface area contributed by atoms with Crippen molar-refractivity contribution in [2.75, 3.05) is 14.6 Å². The van der Waals surface area contributed by atoms with Crippen LogP contribution in [-0.2, 0) is 0 Å². The van der Waals surface area contributed by atoms with E-state index in [0.29, 0.717) is 0 Å². The predicted molar refractivity (Wildman–Crippen MR) is 298 cm³/mol. The predicted octanol–water partition coefficient (Wildman–Crippen LogP) is 16.8. The molecule has 12 aromatic rings. The van der Waals surface area contributed by atoms with Crippen molar-refractivity contribution in [1.82, 2.24) is 0 Å². The molecular weight excluding hydrogens is 862 g/mol. The van der Waals surface area contributed by atoms with Gasteiger partial charge < -0.3 is 19.0 Å². The Bertz CT molecular complexity index is 3880. The molecule has 0 saturated heterocycles. The minimum absolute atomic E-state index is 0.225. The van der Waals surface area contributed by atoms with E-state index in [1.54, 1.807) is 0 Å². The molecule has 0 unspecified atom stereocenters. The van der Waals surface area contributed by atoms with E-state index in [1.807, 2.05) is 0 Å². The van der Waals surface area contributed by atoms with E-state index in [4.69, 9.17) is 4.42 Å². The van der Waals surface area contributed by atoms with Gasteiger partial charge >= 0.3 is 6.85 Å². The number of rotatable bonds is 8. The van der Waals surface area contributed by atoms with Crippen molar-refractivity contribution >= 4 is 85.2 Å². The number of para-hydroxylation sites is 3. The largest absolute Gasteiger partial charge is 0.456 e. The summed E-state index contributed by atoms with van der Waals surface area (Å²) in [6, 6.07) is 96.7. The average Bonchev–Trinajstić information content (AvgIpc) is 3.83. The summed E-state index contributed by atoms with van der Waals surface area (Å²) in [5.41, 5.74) is 22.3. The fourth-order valence-electron chi connectivity index (χ4n) is 11.2. The lowest BCUT2D eigenvalue weighted by Gasteiger charge is -2.46. The first-order valence-electron chi connectivity index (χ1n) is 24.4. The summed E-state index contributed by atoms with van der Waals surface area (Å²) in [5.74, 6) is 0. The summed E-state index contributed by atoms with van der Waals surface area (Å²) >= 11 is 0. The molecule has 0 fully saturated rings. The Hall–Kier alpha value is -9.32. The van der Waals surface area contributed by atoms with Crippen LogP contribution in [0.3, 0.4) is 0 Å². The van der Waals surface area contributed by atoms with Crippen LogP contribution in [0.4, 0.5) is 45.5 Å². The second-order valence-electron chi connectivity index (χ2n) is 18.4. The van der Waals surface area contributed by atoms with Crippen LogP contribution in [0.2, 0.25) is 0 Å². The quantitative estimate of drug-likeness (QED) is 0.142. The van der Waals surface area contributed by atoms with Gasteiger partial charge in [-0.25, -0.2) is 0 Å². The van der Waals surface area contributed by atoms with Crippen molar-refractivity contribution in [3.05, 3.63) is 267 Å². The van der Waals surface area contributed by atoms with Gasteiger partial charge in [-0.15, -0.1) is 0 Å². The highest BCUT2D eigenvalue weighted by Crippen LogP contribution is 2.52. The molecule has 1 aromatic heterocycles. The topological polar surface area (TPSA) is 22.9 Å². The minimum Gasteiger partial charge on any atom is -0.456 e. The Morgan fingerprint density at radius 3 is 1.45 bits per heavy atom. The van der Waals surface area contributed by atoms with Crippen LogP contribution in [0.15, 0.2) is 271 Å². The van der Waals surface area contributed by atoms with Crippen LogP contribution in [0, 0.1) is 0 Å². The van der Waals surface area contributed by atoms with Gasteiger partial charge in [0.25, 0.3) is 0 Å². The molecule has 11 aromatic carbocycles. The molecule has 4 nitrogen and oxygen atoms in total. The first-order chi connectivity index (χ1) is 35.2. The first-order valence-corrected chi connectivity index (χ1v) is 24.4. The zero-order valence-corrected chi connectivity index (χ0v) is 38.7. The molecule has 14 rings (SSSR count). The third-order valence-electron chi connectivity index (χ3n) is 14.4. The Kier molecular flexibility index (Phi) is 9.59. The summed E-state index contributed by atoms with van der Waals surface area (Å²) in [5, 5.41) is 2.22. The molecule has 3 heterocycles. The molecule has 2 aliphatic heterocycles. The van der Waals surface area contributed by atoms with Gasteiger partial charge in [0, 0.05) is 67.9 Å². The Balaban J connectivity index is 1.09. The van der Waals surface area contributed by atoms with Gasteiger partial charge in [0.2, 0.25) is 0 Å². The van der Waals surface area contributed by atoms with Gasteiger partial charge in [0.05, 0.1) is 0 Å². The normalized spacial score (nSPS) is 12.4. The molecule has 0 spiro atoms. The Labute approximate surface area is 413 Å². The number of furan rings is 1. The van der Waals surface area contributed by atoms with Crippen molar-refractivity contribution < 1.29 is 4.42 Å². The van der Waals surface area contributed by atoms with E-state index in [1.165, 1.54) is 49.9 Å². The van der Waals surface area contributed by atoms with E-state index in [9.17, 15) is 0 Å². The first kappa shape index (κ1) is 40.7. The zero-order valence-electron chi connectivity index (χ0n) is 38.7. The zero-order chi connectivity index (χ0) is 46.8. The Morgan fingerprint density at radius 2 is 0.845 bits per heavy atom. The lowest BCUT2D eigenvalue weighted by Crippen LogP contribution is -2.61. The summed E-state index contributed by atoms with van der Waals surface area (Å²) < 4.78 is 6.99. The molecule has 2 aliphatic rings. The maximum atomic E-state index is 6.99. The van der Waals surface area contributed by atoms with Gasteiger partial charge in [0.15, 0.2) is 0 Å². The van der Waals surface area contributed by atoms with Crippen LogP contribution in [-0.4, -0.2) is 6.85 Å². The number of hydrogen-bond donors (Lipinski definition) is 0. The standard InChI is InChI=1S/C66H44BN3O/c1-6-18-45(19-7-1)48-30-35-53(36-31-48)69-60-40-34-50(47-22-10-3-11-23-47)42-58(60)67-66-61(69)44-63-64(56-28-16-17-29-62(56)71-63)65(66)57-43-55(68(51-24-12-4-13-25-51)52-26-14-5-15-27-52)39-41-59(57)70(67)54-37-32-49(33-38-54)46-20-8-2-9-21-46/h1-44H. The van der Waals surface area contributed by atoms with Crippen LogP contribution >= 0.6 is 0 Å². The molecule has 0 saturated carbocycles. The van der Waals surface area contributed by atoms with Gasteiger partial charge in [0.1, 0.15) is 11.2 Å². The molecule has 0 amide bonds. The fourth-order valence-corrected chi connectivity index (χ4v) is 11.2. The molecule has 0 aliphatic carbocycles. The van der Waals surface area contributed by atoms with Gasteiger partial charge in [-0.1, -0.05) is 182 Å². The highest BCUT2D eigenvalue weighted by Gasteiger charge is 2.46. The molecule has 0 atom stereocenters. The van der Waals surface area contributed by atoms with E-state index in [0.717, 1.165) is 73.0 Å². The van der Waals surface area contributed by atoms with Crippen molar-refractivity contribution in [1.29, 1.82) is 0 Å². The van der Waals surface area contributed by atoms with Crippen LogP contribution in [0.25, 0.3) is 66.4 Å². The number of nitrogens with zero attached hydrogens (tertiary/aromatic N) is 3. The highest BCUT2D eigenvalue weighted by molar-refractivity contribution is 6.94. The average molecular weight is 906 g/mol. The molecule has 332 valence electrons. The number of hydrogen-bond acceptors (Lipinski definition) is 4. The number of anilines is 8. The Morgan fingerprint density at radius 1 is 0.352 bits per heavy atom. The van der Waals surface area contributed by atoms with Crippen molar-refractivity contribution in [2.24, 2.45) is 0 Å². The summed E-state index contributed by atoms with van der Waals surface area (Å²) in [7, 11) is 0. The van der Waals surface area contributed by atoms with E-state index < -0.39 is 0 Å². The van der Waals surface area contributed by atoms with E-state index >= 15 is 0 Å². The molecule has 0 radical (unpaired) electrons. The maximum Gasteiger partial charge on any atom is 0.333 e. The summed E-state index contributed by atoms with van der Waals surface area (Å²) in [6.07, 6.45) is 0. The second kappa shape index (κ2) is 16.7. The van der Waals surface area contributed by atoms with E-state index in [2.05, 4.69) is 282 Å². The maximum absolute atomic E-state index is 6.99. The van der Waals surface area contributed by atoms with Gasteiger partial charge in [-0.05, 0) is 129 Å². The molecular formula is C66H44BN3O. The van der Waals surface area contributed by atoms with Gasteiger partial charge in [-0.3, -0.25) is 0 Å². The van der Waals surface area contributed by atoms with Crippen LogP contribution in [0.1, 0.15) is 0 Å². The van der Waals surface area contributed by atoms with Gasteiger partial charge in [-0.2, -0.15) is 0 Å². The highest BCUT2D eigenvalue weighted by atomic mass is 16.3. The lowest BCUT2D eigenvalue weighted by atomic mass is 9.43. The molecule has 71 heavy (non-hydrogen) atoms. The molecule has 0 bridgehead atoms. The van der Waals surface area contributed by atoms with Crippen molar-refractivity contribution in [3.8, 4) is 44.5 Å².